The van der Waals surface area contributed by atoms with Crippen molar-refractivity contribution < 1.29 is 14.3 Å². The van der Waals surface area contributed by atoms with Gasteiger partial charge in [-0.25, -0.2) is 4.79 Å². The first-order valence-electron chi connectivity index (χ1n) is 7.49. The summed E-state index contributed by atoms with van der Waals surface area (Å²) in [6.07, 6.45) is 4.29. The molecule has 1 aliphatic carbocycles. The van der Waals surface area contributed by atoms with E-state index in [9.17, 15) is 9.59 Å². The van der Waals surface area contributed by atoms with Crippen LogP contribution in [-0.4, -0.2) is 41.6 Å². The maximum atomic E-state index is 12.3. The maximum Gasteiger partial charge on any atom is 0.325 e. The molecule has 114 valence electrons. The highest BCUT2D eigenvalue weighted by atomic mass is 16.5. The van der Waals surface area contributed by atoms with Crippen LogP contribution >= 0.6 is 0 Å². The van der Waals surface area contributed by atoms with Gasteiger partial charge < -0.3 is 9.64 Å². The molecule has 0 atom stereocenters. The van der Waals surface area contributed by atoms with E-state index in [1.165, 1.54) is 0 Å². The molecule has 1 heterocycles. The monoisotopic (exact) mass is 282 g/mol. The fourth-order valence-electron chi connectivity index (χ4n) is 3.13. The molecule has 3 amide bonds. The van der Waals surface area contributed by atoms with Gasteiger partial charge in [-0.3, -0.25) is 10.1 Å². The third kappa shape index (κ3) is 2.68. The largest absolute Gasteiger partial charge is 0.379 e. The number of imide groups is 1. The van der Waals surface area contributed by atoms with Crippen LogP contribution in [0.2, 0.25) is 0 Å². The summed E-state index contributed by atoms with van der Waals surface area (Å²) in [5.74, 6) is 0.533. The number of carbonyl (C=O) groups excluding carboxylic acids is 2. The highest BCUT2D eigenvalue weighted by Crippen LogP contribution is 2.39. The van der Waals surface area contributed by atoms with Crippen LogP contribution < -0.4 is 5.32 Å². The Balaban J connectivity index is 2.12. The average Bonchev–Trinajstić information content (AvgIpc) is 2.62. The van der Waals surface area contributed by atoms with Gasteiger partial charge in [-0.2, -0.15) is 0 Å². The number of amides is 3. The molecule has 0 aromatic carbocycles. The predicted octanol–water partition coefficient (Wildman–Crippen LogP) is 2.30. The Hall–Kier alpha value is -1.10. The predicted molar refractivity (Wildman–Crippen MR) is 76.3 cm³/mol. The van der Waals surface area contributed by atoms with Crippen molar-refractivity contribution in [2.75, 3.05) is 13.7 Å². The van der Waals surface area contributed by atoms with E-state index in [2.05, 4.69) is 12.2 Å². The molecule has 20 heavy (non-hydrogen) atoms. The summed E-state index contributed by atoms with van der Waals surface area (Å²) in [6, 6.07) is -0.239. The average molecular weight is 282 g/mol. The normalized spacial score (nSPS) is 31.0. The zero-order valence-electron chi connectivity index (χ0n) is 13.0. The Labute approximate surface area is 121 Å². The molecule has 5 nitrogen and oxygen atoms in total. The molecule has 0 aromatic heterocycles. The fourth-order valence-corrected chi connectivity index (χ4v) is 3.13. The molecule has 1 N–H and O–H groups in total. The lowest BCUT2D eigenvalue weighted by Crippen LogP contribution is -2.52. The number of nitrogens with one attached hydrogen (secondary N) is 1. The standard InChI is InChI=1S/C15H26N2O3/c1-11-5-7-15(8-6-11)12(18)16-13(19)17(15)10-9-14(2,3)20-4/h11H,5-10H2,1-4H3,(H,16,18,19). The highest BCUT2D eigenvalue weighted by Gasteiger charge is 2.53. The van der Waals surface area contributed by atoms with Gasteiger partial charge in [0.15, 0.2) is 0 Å². The Kier molecular flexibility index (Phi) is 4.09. The first-order valence-corrected chi connectivity index (χ1v) is 7.49. The second-order valence-electron chi connectivity index (χ2n) is 6.84. The van der Waals surface area contributed by atoms with Crippen molar-refractivity contribution in [3.05, 3.63) is 0 Å². The molecule has 1 aliphatic heterocycles. The molecule has 2 aliphatic rings. The van der Waals surface area contributed by atoms with E-state index in [1.807, 2.05) is 13.8 Å². The van der Waals surface area contributed by atoms with Crippen molar-refractivity contribution in [2.45, 2.75) is 64.0 Å². The summed E-state index contributed by atoms with van der Waals surface area (Å²) in [7, 11) is 1.67. The maximum absolute atomic E-state index is 12.3. The Morgan fingerprint density at radius 2 is 1.95 bits per heavy atom. The van der Waals surface area contributed by atoms with Gasteiger partial charge in [0.2, 0.25) is 0 Å². The molecule has 1 saturated carbocycles. The number of carbonyl (C=O) groups is 2. The van der Waals surface area contributed by atoms with Gasteiger partial charge in [-0.15, -0.1) is 0 Å². The van der Waals surface area contributed by atoms with Gasteiger partial charge in [0, 0.05) is 13.7 Å². The first kappa shape index (κ1) is 15.3. The molecule has 2 fully saturated rings. The molecular weight excluding hydrogens is 256 g/mol. The molecule has 0 aromatic rings. The minimum Gasteiger partial charge on any atom is -0.379 e. The SMILES string of the molecule is COC(C)(C)CCN1C(=O)NC(=O)C12CCC(C)CC2. The number of ether oxygens (including phenoxy) is 1. The van der Waals surface area contributed by atoms with Crippen molar-refractivity contribution in [1.29, 1.82) is 0 Å². The molecule has 0 radical (unpaired) electrons. The van der Waals surface area contributed by atoms with Crippen molar-refractivity contribution in [2.24, 2.45) is 5.92 Å². The minimum atomic E-state index is -0.604. The summed E-state index contributed by atoms with van der Waals surface area (Å²) in [4.78, 5) is 26.1. The Morgan fingerprint density at radius 3 is 2.50 bits per heavy atom. The lowest BCUT2D eigenvalue weighted by molar-refractivity contribution is -0.129. The Bertz CT molecular complexity index is 398. The lowest BCUT2D eigenvalue weighted by Gasteiger charge is -2.41. The quantitative estimate of drug-likeness (QED) is 0.805. The van der Waals surface area contributed by atoms with E-state index < -0.39 is 5.54 Å². The second kappa shape index (κ2) is 5.35. The summed E-state index contributed by atoms with van der Waals surface area (Å²) < 4.78 is 5.41. The lowest BCUT2D eigenvalue weighted by atomic mass is 9.76. The van der Waals surface area contributed by atoms with Crippen LogP contribution in [0.1, 0.15) is 52.9 Å². The van der Waals surface area contributed by atoms with Crippen LogP contribution in [0.3, 0.4) is 0 Å². The third-order valence-corrected chi connectivity index (χ3v) is 5.00. The van der Waals surface area contributed by atoms with E-state index >= 15 is 0 Å². The second-order valence-corrected chi connectivity index (χ2v) is 6.84. The molecule has 1 saturated heterocycles. The molecule has 2 rings (SSSR count). The van der Waals surface area contributed by atoms with E-state index in [1.54, 1.807) is 12.0 Å². The van der Waals surface area contributed by atoms with Gasteiger partial charge in [0.25, 0.3) is 5.91 Å². The van der Waals surface area contributed by atoms with E-state index in [0.29, 0.717) is 12.5 Å². The van der Waals surface area contributed by atoms with Gasteiger partial charge in [0.05, 0.1) is 5.60 Å². The number of urea groups is 1. The zero-order chi connectivity index (χ0) is 15.0. The topological polar surface area (TPSA) is 58.6 Å². The zero-order valence-corrected chi connectivity index (χ0v) is 13.0. The summed E-state index contributed by atoms with van der Waals surface area (Å²) in [6.45, 7) is 6.77. The van der Waals surface area contributed by atoms with Crippen molar-refractivity contribution in [1.82, 2.24) is 10.2 Å². The Morgan fingerprint density at radius 1 is 1.35 bits per heavy atom. The van der Waals surface area contributed by atoms with Crippen molar-refractivity contribution >= 4 is 11.9 Å². The van der Waals surface area contributed by atoms with Crippen molar-refractivity contribution in [3.8, 4) is 0 Å². The van der Waals surface area contributed by atoms with E-state index in [0.717, 1.165) is 32.1 Å². The van der Waals surface area contributed by atoms with E-state index in [4.69, 9.17) is 4.74 Å². The number of nitrogens with zero attached hydrogens (tertiary/aromatic N) is 1. The molecule has 5 heteroatoms. The molecule has 0 bridgehead atoms. The summed E-state index contributed by atoms with van der Waals surface area (Å²) in [5, 5.41) is 2.50. The van der Waals surface area contributed by atoms with Crippen molar-refractivity contribution in [3.63, 3.8) is 0 Å². The van der Waals surface area contributed by atoms with Gasteiger partial charge in [-0.1, -0.05) is 6.92 Å². The fraction of sp³-hybridized carbons (Fsp3) is 0.867. The number of methoxy groups -OCH3 is 1. The third-order valence-electron chi connectivity index (χ3n) is 5.00. The summed E-state index contributed by atoms with van der Waals surface area (Å²) in [5.41, 5.74) is -0.886. The number of rotatable bonds is 4. The van der Waals surface area contributed by atoms with Gasteiger partial charge >= 0.3 is 6.03 Å². The first-order chi connectivity index (χ1) is 9.31. The van der Waals surface area contributed by atoms with E-state index in [-0.39, 0.29) is 17.5 Å². The molecule has 0 unspecified atom stereocenters. The smallest absolute Gasteiger partial charge is 0.325 e. The highest BCUT2D eigenvalue weighted by molar-refractivity contribution is 6.07. The molecule has 1 spiro atoms. The molecular formula is C15H26N2O3. The van der Waals surface area contributed by atoms with Crippen LogP contribution in [0.15, 0.2) is 0 Å². The number of hydrogen-bond acceptors (Lipinski definition) is 3. The van der Waals surface area contributed by atoms with Crippen LogP contribution in [0.5, 0.6) is 0 Å². The van der Waals surface area contributed by atoms with Crippen LogP contribution in [0, 0.1) is 5.92 Å². The van der Waals surface area contributed by atoms with Crippen LogP contribution in [0.4, 0.5) is 4.79 Å². The van der Waals surface area contributed by atoms with Crippen LogP contribution in [0.25, 0.3) is 0 Å². The van der Waals surface area contributed by atoms with Crippen LogP contribution in [-0.2, 0) is 9.53 Å². The number of hydrogen-bond donors (Lipinski definition) is 1. The van der Waals surface area contributed by atoms with Gasteiger partial charge in [-0.05, 0) is 51.9 Å². The summed E-state index contributed by atoms with van der Waals surface area (Å²) >= 11 is 0. The minimum absolute atomic E-state index is 0.107. The van der Waals surface area contributed by atoms with Gasteiger partial charge in [0.1, 0.15) is 5.54 Å².